The molecule has 0 aliphatic carbocycles. The molecular weight excluding hydrogens is 248 g/mol. The van der Waals surface area contributed by atoms with Gasteiger partial charge in [0.2, 0.25) is 0 Å². The van der Waals surface area contributed by atoms with Crippen LogP contribution in [0.15, 0.2) is 35.2 Å². The van der Waals surface area contributed by atoms with E-state index in [-0.39, 0.29) is 5.91 Å². The van der Waals surface area contributed by atoms with E-state index in [0.29, 0.717) is 17.9 Å². The fraction of sp³-hybridized carbons (Fsp3) is 0.167. The van der Waals surface area contributed by atoms with Crippen molar-refractivity contribution in [2.75, 3.05) is 12.5 Å². The third-order valence-corrected chi connectivity index (χ3v) is 3.22. The zero-order valence-electron chi connectivity index (χ0n) is 9.96. The van der Waals surface area contributed by atoms with Crippen LogP contribution in [0, 0.1) is 0 Å². The number of hydrazine groups is 1. The molecule has 18 heavy (non-hydrogen) atoms. The lowest BCUT2D eigenvalue weighted by atomic mass is 10.2. The highest BCUT2D eigenvalue weighted by Crippen LogP contribution is 2.12. The summed E-state index contributed by atoms with van der Waals surface area (Å²) in [7, 11) is 1.75. The standard InChI is InChI=1S/C12H14N4OS/c1-16(7-9-3-5-18-8-9)12(17)11-6-10(15-13)2-4-14-11/h2-6,8H,7,13H2,1H3,(H,14,15). The lowest BCUT2D eigenvalue weighted by molar-refractivity contribution is 0.0779. The van der Waals surface area contributed by atoms with E-state index in [0.717, 1.165) is 5.56 Å². The molecule has 0 aliphatic rings. The molecule has 2 aromatic heterocycles. The number of anilines is 1. The average molecular weight is 262 g/mol. The number of nitrogens with two attached hydrogens (primary N) is 1. The topological polar surface area (TPSA) is 71.2 Å². The lowest BCUT2D eigenvalue weighted by Crippen LogP contribution is -2.27. The first-order valence-electron chi connectivity index (χ1n) is 5.40. The number of aromatic nitrogens is 1. The number of nitrogen functional groups attached to an aromatic ring is 1. The van der Waals surface area contributed by atoms with Crippen LogP contribution in [0.2, 0.25) is 0 Å². The van der Waals surface area contributed by atoms with Crippen molar-refractivity contribution in [3.63, 3.8) is 0 Å². The Kier molecular flexibility index (Phi) is 3.91. The van der Waals surface area contributed by atoms with Gasteiger partial charge in [0.1, 0.15) is 5.69 Å². The number of carbonyl (C=O) groups is 1. The Hall–Kier alpha value is -1.92. The molecule has 0 aromatic carbocycles. The SMILES string of the molecule is CN(Cc1ccsc1)C(=O)c1cc(NN)ccn1. The van der Waals surface area contributed by atoms with Gasteiger partial charge in [0.05, 0.1) is 5.69 Å². The van der Waals surface area contributed by atoms with Gasteiger partial charge in [-0.2, -0.15) is 11.3 Å². The molecule has 0 saturated carbocycles. The van der Waals surface area contributed by atoms with Gasteiger partial charge in [-0.05, 0) is 34.5 Å². The van der Waals surface area contributed by atoms with E-state index < -0.39 is 0 Å². The summed E-state index contributed by atoms with van der Waals surface area (Å²) < 4.78 is 0. The molecule has 0 fully saturated rings. The van der Waals surface area contributed by atoms with Gasteiger partial charge in [-0.15, -0.1) is 0 Å². The number of thiophene rings is 1. The second-order valence-electron chi connectivity index (χ2n) is 3.87. The van der Waals surface area contributed by atoms with E-state index in [4.69, 9.17) is 5.84 Å². The van der Waals surface area contributed by atoms with Gasteiger partial charge in [0.25, 0.3) is 5.91 Å². The molecule has 1 amide bonds. The zero-order valence-corrected chi connectivity index (χ0v) is 10.8. The Morgan fingerprint density at radius 3 is 3.06 bits per heavy atom. The van der Waals surface area contributed by atoms with Crippen LogP contribution in [0.1, 0.15) is 16.1 Å². The molecule has 0 saturated heterocycles. The monoisotopic (exact) mass is 262 g/mol. The number of hydrogen-bond acceptors (Lipinski definition) is 5. The van der Waals surface area contributed by atoms with Crippen LogP contribution in [-0.4, -0.2) is 22.8 Å². The summed E-state index contributed by atoms with van der Waals surface area (Å²) in [6.45, 7) is 0.574. The predicted molar refractivity (Wildman–Crippen MR) is 72.2 cm³/mol. The van der Waals surface area contributed by atoms with E-state index in [1.807, 2.05) is 16.8 Å². The fourth-order valence-corrected chi connectivity index (χ4v) is 2.22. The van der Waals surface area contributed by atoms with E-state index in [9.17, 15) is 4.79 Å². The van der Waals surface area contributed by atoms with Crippen molar-refractivity contribution < 1.29 is 4.79 Å². The highest BCUT2D eigenvalue weighted by Gasteiger charge is 2.13. The molecule has 94 valence electrons. The summed E-state index contributed by atoms with van der Waals surface area (Å²) in [4.78, 5) is 17.8. The number of rotatable bonds is 4. The minimum atomic E-state index is -0.127. The van der Waals surface area contributed by atoms with Crippen molar-refractivity contribution in [3.8, 4) is 0 Å². The molecule has 0 unspecified atom stereocenters. The van der Waals surface area contributed by atoms with E-state index in [2.05, 4.69) is 10.4 Å². The quantitative estimate of drug-likeness (QED) is 0.650. The first-order valence-corrected chi connectivity index (χ1v) is 6.34. The molecule has 0 spiro atoms. The van der Waals surface area contributed by atoms with E-state index >= 15 is 0 Å². The highest BCUT2D eigenvalue weighted by atomic mass is 32.1. The molecule has 0 aliphatic heterocycles. The van der Waals surface area contributed by atoms with Crippen LogP contribution in [0.25, 0.3) is 0 Å². The predicted octanol–water partition coefficient (Wildman–Crippen LogP) is 1.70. The highest BCUT2D eigenvalue weighted by molar-refractivity contribution is 7.07. The molecule has 2 rings (SSSR count). The molecule has 0 radical (unpaired) electrons. The van der Waals surface area contributed by atoms with Crippen molar-refractivity contribution in [3.05, 3.63) is 46.4 Å². The number of hydrogen-bond donors (Lipinski definition) is 2. The van der Waals surface area contributed by atoms with Gasteiger partial charge >= 0.3 is 0 Å². The Bertz CT molecular complexity index is 527. The van der Waals surface area contributed by atoms with Gasteiger partial charge in [-0.25, -0.2) is 0 Å². The Morgan fingerprint density at radius 1 is 1.56 bits per heavy atom. The smallest absolute Gasteiger partial charge is 0.272 e. The lowest BCUT2D eigenvalue weighted by Gasteiger charge is -2.16. The Balaban J connectivity index is 2.10. The van der Waals surface area contributed by atoms with Crippen LogP contribution < -0.4 is 11.3 Å². The van der Waals surface area contributed by atoms with Crippen LogP contribution in [-0.2, 0) is 6.54 Å². The van der Waals surface area contributed by atoms with Crippen LogP contribution in [0.5, 0.6) is 0 Å². The summed E-state index contributed by atoms with van der Waals surface area (Å²) in [5, 5.41) is 4.01. The minimum Gasteiger partial charge on any atom is -0.336 e. The average Bonchev–Trinajstić information content (AvgIpc) is 2.90. The summed E-state index contributed by atoms with van der Waals surface area (Å²) in [6.07, 6.45) is 1.56. The molecule has 2 heterocycles. The second kappa shape index (κ2) is 5.61. The van der Waals surface area contributed by atoms with Crippen LogP contribution in [0.3, 0.4) is 0 Å². The van der Waals surface area contributed by atoms with E-state index in [1.165, 1.54) is 0 Å². The molecule has 6 heteroatoms. The van der Waals surface area contributed by atoms with Gasteiger partial charge in [0, 0.05) is 19.8 Å². The third-order valence-electron chi connectivity index (χ3n) is 2.49. The van der Waals surface area contributed by atoms with Crippen LogP contribution in [0.4, 0.5) is 5.69 Å². The number of carbonyl (C=O) groups excluding carboxylic acids is 1. The zero-order chi connectivity index (χ0) is 13.0. The van der Waals surface area contributed by atoms with E-state index in [1.54, 1.807) is 41.6 Å². The molecule has 2 aromatic rings. The van der Waals surface area contributed by atoms with Gasteiger partial charge < -0.3 is 10.3 Å². The normalized spacial score (nSPS) is 10.1. The maximum Gasteiger partial charge on any atom is 0.272 e. The van der Waals surface area contributed by atoms with Gasteiger partial charge in [0.15, 0.2) is 0 Å². The summed E-state index contributed by atoms with van der Waals surface area (Å²) in [5.41, 5.74) is 4.65. The molecule has 3 N–H and O–H groups in total. The number of nitrogens with one attached hydrogen (secondary N) is 1. The van der Waals surface area contributed by atoms with Crippen molar-refractivity contribution in [2.45, 2.75) is 6.54 Å². The van der Waals surface area contributed by atoms with Crippen molar-refractivity contribution in [1.82, 2.24) is 9.88 Å². The van der Waals surface area contributed by atoms with Crippen molar-refractivity contribution >= 4 is 22.9 Å². The molecule has 0 bridgehead atoms. The Morgan fingerprint density at radius 2 is 2.39 bits per heavy atom. The molecule has 5 nitrogen and oxygen atoms in total. The maximum absolute atomic E-state index is 12.1. The Labute approximate surface area is 109 Å². The minimum absolute atomic E-state index is 0.127. The van der Waals surface area contributed by atoms with Crippen molar-refractivity contribution in [1.29, 1.82) is 0 Å². The second-order valence-corrected chi connectivity index (χ2v) is 4.65. The molecular formula is C12H14N4OS. The first-order chi connectivity index (χ1) is 8.70. The fourth-order valence-electron chi connectivity index (χ4n) is 1.56. The summed E-state index contributed by atoms with van der Waals surface area (Å²) in [6, 6.07) is 5.34. The number of amides is 1. The van der Waals surface area contributed by atoms with Crippen molar-refractivity contribution in [2.24, 2.45) is 5.84 Å². The van der Waals surface area contributed by atoms with Gasteiger partial charge in [-0.1, -0.05) is 0 Å². The number of pyridine rings is 1. The number of nitrogens with zero attached hydrogens (tertiary/aromatic N) is 2. The molecule has 0 atom stereocenters. The van der Waals surface area contributed by atoms with Gasteiger partial charge in [-0.3, -0.25) is 15.6 Å². The third kappa shape index (κ3) is 2.85. The first kappa shape index (κ1) is 12.5. The summed E-state index contributed by atoms with van der Waals surface area (Å²) >= 11 is 1.62. The van der Waals surface area contributed by atoms with Crippen LogP contribution >= 0.6 is 11.3 Å². The largest absolute Gasteiger partial charge is 0.336 e. The maximum atomic E-state index is 12.1. The summed E-state index contributed by atoms with van der Waals surface area (Å²) in [5.74, 6) is 5.18.